The zero-order valence-electron chi connectivity index (χ0n) is 15.4. The number of hydrogen-bond donors (Lipinski definition) is 0. The van der Waals surface area contributed by atoms with Crippen molar-refractivity contribution in [2.24, 2.45) is 4.40 Å². The van der Waals surface area contributed by atoms with Crippen LogP contribution in [0.25, 0.3) is 0 Å². The number of nitrogens with zero attached hydrogens (tertiary/aromatic N) is 2. The number of ether oxygens (including phenoxy) is 1. The third kappa shape index (κ3) is 4.39. The van der Waals surface area contributed by atoms with Gasteiger partial charge in [-0.15, -0.1) is 4.40 Å². The molecule has 0 spiro atoms. The molecular formula is C20H19F3N2O3S. The Morgan fingerprint density at radius 1 is 0.966 bits per heavy atom. The zero-order chi connectivity index (χ0) is 20.6. The Labute approximate surface area is 166 Å². The van der Waals surface area contributed by atoms with E-state index in [1.54, 1.807) is 12.1 Å². The van der Waals surface area contributed by atoms with Gasteiger partial charge in [0.2, 0.25) is 0 Å². The maximum Gasteiger partial charge on any atom is 0.416 e. The van der Waals surface area contributed by atoms with Crippen LogP contribution in [-0.2, 0) is 16.2 Å². The minimum absolute atomic E-state index is 0.0448. The molecule has 29 heavy (non-hydrogen) atoms. The summed E-state index contributed by atoms with van der Waals surface area (Å²) >= 11 is 0. The summed E-state index contributed by atoms with van der Waals surface area (Å²) in [6, 6.07) is 11.6. The molecule has 2 heterocycles. The van der Waals surface area contributed by atoms with Crippen LogP contribution < -0.4 is 4.74 Å². The summed E-state index contributed by atoms with van der Waals surface area (Å²) in [7, 11) is -3.42. The van der Waals surface area contributed by atoms with Crippen molar-refractivity contribution >= 4 is 15.9 Å². The minimum Gasteiger partial charge on any atom is -0.457 e. The molecule has 1 fully saturated rings. The molecule has 5 nitrogen and oxygen atoms in total. The Morgan fingerprint density at radius 3 is 2.21 bits per heavy atom. The van der Waals surface area contributed by atoms with Crippen molar-refractivity contribution in [2.75, 3.05) is 18.8 Å². The van der Waals surface area contributed by atoms with Crippen LogP contribution in [0.4, 0.5) is 13.2 Å². The van der Waals surface area contributed by atoms with E-state index in [0.717, 1.165) is 37.1 Å². The first kappa shape index (κ1) is 19.8. The van der Waals surface area contributed by atoms with Gasteiger partial charge in [-0.2, -0.15) is 13.2 Å². The second-order valence-electron chi connectivity index (χ2n) is 7.11. The fourth-order valence-electron chi connectivity index (χ4n) is 3.64. The van der Waals surface area contributed by atoms with Gasteiger partial charge < -0.3 is 9.64 Å². The van der Waals surface area contributed by atoms with Crippen LogP contribution in [0, 0.1) is 0 Å². The molecule has 0 aliphatic carbocycles. The standard InChI is InChI=1S/C20H19F3N2O3S/c21-20(22,23)15-5-9-17(10-6-15)28-16-7-3-14(4-8-16)18-2-1-11-25-12-13-29(26,27)24-19(18)25/h3-10,18H,1-2,11-13H2. The normalized spacial score (nSPS) is 21.3. The summed E-state index contributed by atoms with van der Waals surface area (Å²) in [5.74, 6) is 1.33. The Balaban J connectivity index is 1.51. The van der Waals surface area contributed by atoms with E-state index >= 15 is 0 Å². The van der Waals surface area contributed by atoms with E-state index in [2.05, 4.69) is 4.40 Å². The summed E-state index contributed by atoms with van der Waals surface area (Å²) in [5, 5.41) is 0. The van der Waals surface area contributed by atoms with Gasteiger partial charge in [0.1, 0.15) is 17.3 Å². The summed E-state index contributed by atoms with van der Waals surface area (Å²) in [6.45, 7) is 1.27. The van der Waals surface area contributed by atoms with E-state index in [1.165, 1.54) is 12.1 Å². The molecule has 1 atom stereocenters. The van der Waals surface area contributed by atoms with Crippen LogP contribution in [0.1, 0.15) is 29.9 Å². The number of piperidine rings is 1. The SMILES string of the molecule is O=S1(=O)CCN2CCCC(c3ccc(Oc4ccc(C(F)(F)F)cc4)cc3)C2=N1. The van der Waals surface area contributed by atoms with Gasteiger partial charge in [-0.3, -0.25) is 0 Å². The molecule has 0 N–H and O–H groups in total. The largest absolute Gasteiger partial charge is 0.457 e. The highest BCUT2D eigenvalue weighted by Gasteiger charge is 2.33. The van der Waals surface area contributed by atoms with Gasteiger partial charge in [-0.1, -0.05) is 12.1 Å². The molecule has 2 aliphatic heterocycles. The van der Waals surface area contributed by atoms with E-state index in [9.17, 15) is 21.6 Å². The first-order valence-corrected chi connectivity index (χ1v) is 10.8. The van der Waals surface area contributed by atoms with Crippen molar-refractivity contribution < 1.29 is 26.3 Å². The van der Waals surface area contributed by atoms with Gasteiger partial charge in [0.15, 0.2) is 0 Å². The third-order valence-electron chi connectivity index (χ3n) is 5.11. The smallest absolute Gasteiger partial charge is 0.416 e. The highest BCUT2D eigenvalue weighted by molar-refractivity contribution is 7.90. The van der Waals surface area contributed by atoms with E-state index in [-0.39, 0.29) is 11.7 Å². The molecule has 0 radical (unpaired) electrons. The summed E-state index contributed by atoms with van der Waals surface area (Å²) in [4.78, 5) is 2.03. The van der Waals surface area contributed by atoms with E-state index in [0.29, 0.717) is 23.9 Å². The molecule has 0 bridgehead atoms. The second-order valence-corrected chi connectivity index (χ2v) is 8.87. The number of hydrogen-bond acceptors (Lipinski definition) is 4. The first-order chi connectivity index (χ1) is 13.7. The monoisotopic (exact) mass is 424 g/mol. The predicted molar refractivity (Wildman–Crippen MR) is 103 cm³/mol. The Hall–Kier alpha value is -2.55. The fraction of sp³-hybridized carbons (Fsp3) is 0.350. The lowest BCUT2D eigenvalue weighted by Gasteiger charge is -2.37. The number of rotatable bonds is 3. The number of benzene rings is 2. The fourth-order valence-corrected chi connectivity index (χ4v) is 4.71. The Morgan fingerprint density at radius 2 is 1.59 bits per heavy atom. The van der Waals surface area contributed by atoms with Crippen LogP contribution in [0.5, 0.6) is 11.5 Å². The number of fused-ring (bicyclic) bond motifs is 1. The van der Waals surface area contributed by atoms with Crippen molar-refractivity contribution in [1.29, 1.82) is 0 Å². The van der Waals surface area contributed by atoms with Crippen LogP contribution in [0.15, 0.2) is 52.9 Å². The molecule has 1 unspecified atom stereocenters. The molecule has 0 saturated carbocycles. The van der Waals surface area contributed by atoms with Crippen molar-refractivity contribution in [3.8, 4) is 11.5 Å². The highest BCUT2D eigenvalue weighted by atomic mass is 32.2. The quantitative estimate of drug-likeness (QED) is 0.732. The number of sulfonamides is 1. The van der Waals surface area contributed by atoms with Crippen molar-refractivity contribution in [3.05, 3.63) is 59.7 Å². The van der Waals surface area contributed by atoms with Crippen LogP contribution >= 0.6 is 0 Å². The van der Waals surface area contributed by atoms with Crippen molar-refractivity contribution in [3.63, 3.8) is 0 Å². The van der Waals surface area contributed by atoms with Crippen molar-refractivity contribution in [2.45, 2.75) is 24.9 Å². The maximum absolute atomic E-state index is 12.6. The lowest BCUT2D eigenvalue weighted by Crippen LogP contribution is -2.46. The Kier molecular flexibility index (Phi) is 5.02. The van der Waals surface area contributed by atoms with Gasteiger partial charge in [-0.25, -0.2) is 8.42 Å². The van der Waals surface area contributed by atoms with Gasteiger partial charge in [0, 0.05) is 19.0 Å². The summed E-state index contributed by atoms with van der Waals surface area (Å²) in [5.41, 5.74) is 0.204. The second kappa shape index (κ2) is 7.37. The molecule has 9 heteroatoms. The molecule has 0 aromatic heterocycles. The summed E-state index contributed by atoms with van der Waals surface area (Å²) in [6.07, 6.45) is -2.62. The topological polar surface area (TPSA) is 59.0 Å². The van der Waals surface area contributed by atoms with Gasteiger partial charge in [-0.05, 0) is 54.8 Å². The minimum atomic E-state index is -4.39. The van der Waals surface area contributed by atoms with E-state index in [4.69, 9.17) is 4.74 Å². The van der Waals surface area contributed by atoms with Gasteiger partial charge >= 0.3 is 6.18 Å². The molecule has 0 amide bonds. The molecule has 2 aromatic rings. The zero-order valence-corrected chi connectivity index (χ0v) is 16.2. The lowest BCUT2D eigenvalue weighted by molar-refractivity contribution is -0.137. The highest BCUT2D eigenvalue weighted by Crippen LogP contribution is 2.34. The molecule has 154 valence electrons. The Bertz CT molecular complexity index is 1020. The van der Waals surface area contributed by atoms with Crippen molar-refractivity contribution in [1.82, 2.24) is 4.90 Å². The molecule has 1 saturated heterocycles. The third-order valence-corrected chi connectivity index (χ3v) is 6.27. The molecule has 4 rings (SSSR count). The summed E-state index contributed by atoms with van der Waals surface area (Å²) < 4.78 is 71.4. The predicted octanol–water partition coefficient (Wildman–Crippen LogP) is 4.42. The van der Waals surface area contributed by atoms with Crippen LogP contribution in [0.3, 0.4) is 0 Å². The van der Waals surface area contributed by atoms with E-state index < -0.39 is 21.8 Å². The average Bonchev–Trinajstić information content (AvgIpc) is 2.67. The van der Waals surface area contributed by atoms with Gasteiger partial charge in [0.05, 0.1) is 11.3 Å². The lowest BCUT2D eigenvalue weighted by atomic mass is 9.89. The maximum atomic E-state index is 12.6. The first-order valence-electron chi connectivity index (χ1n) is 9.24. The number of amidine groups is 1. The van der Waals surface area contributed by atoms with Gasteiger partial charge in [0.25, 0.3) is 10.0 Å². The molecule has 2 aliphatic rings. The van der Waals surface area contributed by atoms with Crippen LogP contribution in [0.2, 0.25) is 0 Å². The van der Waals surface area contributed by atoms with E-state index in [1.807, 2.05) is 17.0 Å². The number of halogens is 3. The molecule has 2 aromatic carbocycles. The number of alkyl halides is 3. The molecular weight excluding hydrogens is 405 g/mol. The average molecular weight is 424 g/mol. The van der Waals surface area contributed by atoms with Crippen LogP contribution in [-0.4, -0.2) is 38.0 Å².